The van der Waals surface area contributed by atoms with Gasteiger partial charge in [-0.15, -0.1) is 0 Å². The maximum Gasteiger partial charge on any atom is 0.488 e. The van der Waals surface area contributed by atoms with Crippen LogP contribution >= 0.6 is 0 Å². The molecule has 2 N–H and O–H groups in total. The second-order valence-corrected chi connectivity index (χ2v) is 4.41. The molecule has 6 heteroatoms. The first-order valence-corrected chi connectivity index (χ1v) is 6.44. The Morgan fingerprint density at radius 2 is 1.57 bits per heavy atom. The molecule has 0 aliphatic rings. The fraction of sp³-hybridized carbons (Fsp3) is 0.200. The van der Waals surface area contributed by atoms with Gasteiger partial charge in [0.05, 0.1) is 14.2 Å². The van der Waals surface area contributed by atoms with Crippen LogP contribution < -0.4 is 19.7 Å². The zero-order valence-electron chi connectivity index (χ0n) is 11.9. The predicted octanol–water partition coefficient (Wildman–Crippen LogP) is 0.963. The second kappa shape index (κ2) is 7.01. The second-order valence-electron chi connectivity index (χ2n) is 4.41. The van der Waals surface area contributed by atoms with Crippen LogP contribution in [0.15, 0.2) is 42.5 Å². The largest absolute Gasteiger partial charge is 0.497 e. The molecule has 0 radical (unpaired) electrons. The smallest absolute Gasteiger partial charge is 0.488 e. The van der Waals surface area contributed by atoms with Gasteiger partial charge in [-0.1, -0.05) is 12.1 Å². The first-order valence-electron chi connectivity index (χ1n) is 6.44. The summed E-state index contributed by atoms with van der Waals surface area (Å²) < 4.78 is 16.0. The lowest BCUT2D eigenvalue weighted by Gasteiger charge is -2.12. The van der Waals surface area contributed by atoms with Crippen molar-refractivity contribution in [3.8, 4) is 17.2 Å². The van der Waals surface area contributed by atoms with E-state index in [9.17, 15) is 10.0 Å². The third-order valence-corrected chi connectivity index (χ3v) is 3.06. The Morgan fingerprint density at radius 1 is 0.905 bits per heavy atom. The van der Waals surface area contributed by atoms with E-state index in [1.54, 1.807) is 56.7 Å². The molecule has 0 saturated heterocycles. The first-order chi connectivity index (χ1) is 10.1. The molecule has 0 atom stereocenters. The Labute approximate surface area is 123 Å². The lowest BCUT2D eigenvalue weighted by Crippen LogP contribution is -2.30. The third kappa shape index (κ3) is 3.90. The van der Waals surface area contributed by atoms with Crippen LogP contribution in [-0.2, 0) is 6.61 Å². The van der Waals surface area contributed by atoms with Crippen LogP contribution in [0.4, 0.5) is 0 Å². The zero-order valence-corrected chi connectivity index (χ0v) is 11.9. The third-order valence-electron chi connectivity index (χ3n) is 3.06. The van der Waals surface area contributed by atoms with Gasteiger partial charge in [-0.3, -0.25) is 0 Å². The maximum atomic E-state index is 9.21. The van der Waals surface area contributed by atoms with E-state index in [0.717, 1.165) is 11.3 Å². The van der Waals surface area contributed by atoms with Crippen molar-refractivity contribution in [2.45, 2.75) is 6.61 Å². The van der Waals surface area contributed by atoms with Gasteiger partial charge in [-0.2, -0.15) is 0 Å². The summed E-state index contributed by atoms with van der Waals surface area (Å²) in [4.78, 5) is 0. The molecule has 0 bridgehead atoms. The molecule has 0 unspecified atom stereocenters. The molecular formula is C15H17BO5. The zero-order chi connectivity index (χ0) is 15.2. The lowest BCUT2D eigenvalue weighted by atomic mass is 9.79. The van der Waals surface area contributed by atoms with Crippen LogP contribution in [0.25, 0.3) is 0 Å². The van der Waals surface area contributed by atoms with Crippen molar-refractivity contribution >= 4 is 12.6 Å². The molecular weight excluding hydrogens is 271 g/mol. The molecule has 2 aromatic rings. The SMILES string of the molecule is COc1ccc(OCc2cc(B(O)O)ccc2OC)cc1. The lowest BCUT2D eigenvalue weighted by molar-refractivity contribution is 0.296. The Balaban J connectivity index is 2.12. The molecule has 0 spiro atoms. The summed E-state index contributed by atoms with van der Waals surface area (Å²) in [5.41, 5.74) is 1.13. The van der Waals surface area contributed by atoms with Crippen molar-refractivity contribution in [3.63, 3.8) is 0 Å². The molecule has 0 aliphatic carbocycles. The molecule has 2 aromatic carbocycles. The van der Waals surface area contributed by atoms with E-state index in [1.165, 1.54) is 0 Å². The normalized spacial score (nSPS) is 10.1. The molecule has 0 fully saturated rings. The van der Waals surface area contributed by atoms with Crippen molar-refractivity contribution in [1.82, 2.24) is 0 Å². The fourth-order valence-electron chi connectivity index (χ4n) is 1.90. The maximum absolute atomic E-state index is 9.21. The summed E-state index contributed by atoms with van der Waals surface area (Å²) >= 11 is 0. The molecule has 5 nitrogen and oxygen atoms in total. The number of benzene rings is 2. The van der Waals surface area contributed by atoms with Crippen molar-refractivity contribution in [1.29, 1.82) is 0 Å². The van der Waals surface area contributed by atoms with E-state index in [0.29, 0.717) is 17.0 Å². The van der Waals surface area contributed by atoms with Gasteiger partial charge in [0.25, 0.3) is 0 Å². The van der Waals surface area contributed by atoms with Gasteiger partial charge in [-0.05, 0) is 35.8 Å². The van der Waals surface area contributed by atoms with Gasteiger partial charge in [0.2, 0.25) is 0 Å². The monoisotopic (exact) mass is 288 g/mol. The first kappa shape index (κ1) is 15.2. The summed E-state index contributed by atoms with van der Waals surface area (Å²) in [6, 6.07) is 12.1. The van der Waals surface area contributed by atoms with Gasteiger partial charge in [0.15, 0.2) is 0 Å². The highest BCUT2D eigenvalue weighted by molar-refractivity contribution is 6.58. The van der Waals surface area contributed by atoms with Gasteiger partial charge in [0, 0.05) is 5.56 Å². The van der Waals surface area contributed by atoms with Gasteiger partial charge in [-0.25, -0.2) is 0 Å². The van der Waals surface area contributed by atoms with Gasteiger partial charge < -0.3 is 24.3 Å². The van der Waals surface area contributed by atoms with Crippen LogP contribution in [0.5, 0.6) is 17.2 Å². The van der Waals surface area contributed by atoms with E-state index >= 15 is 0 Å². The molecule has 0 aliphatic heterocycles. The summed E-state index contributed by atoms with van der Waals surface area (Å²) in [5.74, 6) is 2.08. The Hall–Kier alpha value is -2.18. The summed E-state index contributed by atoms with van der Waals surface area (Å²) in [6.45, 7) is 0.260. The minimum Gasteiger partial charge on any atom is -0.497 e. The Kier molecular flexibility index (Phi) is 5.08. The van der Waals surface area contributed by atoms with Crippen molar-refractivity contribution in [3.05, 3.63) is 48.0 Å². The quantitative estimate of drug-likeness (QED) is 0.775. The Morgan fingerprint density at radius 3 is 2.14 bits per heavy atom. The molecule has 110 valence electrons. The van der Waals surface area contributed by atoms with E-state index in [4.69, 9.17) is 14.2 Å². The average Bonchev–Trinajstić information content (AvgIpc) is 2.53. The molecule has 0 amide bonds. The summed E-state index contributed by atoms with van der Waals surface area (Å²) in [6.07, 6.45) is 0. The van der Waals surface area contributed by atoms with Crippen LogP contribution in [0, 0.1) is 0 Å². The molecule has 0 saturated carbocycles. The number of methoxy groups -OCH3 is 2. The summed E-state index contributed by atoms with van der Waals surface area (Å²) in [5, 5.41) is 18.4. The number of ether oxygens (including phenoxy) is 3. The molecule has 2 rings (SSSR count). The number of rotatable bonds is 6. The van der Waals surface area contributed by atoms with Crippen molar-refractivity contribution in [2.24, 2.45) is 0 Å². The number of hydrogen-bond acceptors (Lipinski definition) is 5. The highest BCUT2D eigenvalue weighted by Crippen LogP contribution is 2.21. The minimum absolute atomic E-state index is 0.260. The van der Waals surface area contributed by atoms with Gasteiger partial charge in [0.1, 0.15) is 23.9 Å². The van der Waals surface area contributed by atoms with E-state index in [2.05, 4.69) is 0 Å². The number of hydrogen-bond donors (Lipinski definition) is 2. The molecule has 21 heavy (non-hydrogen) atoms. The highest BCUT2D eigenvalue weighted by atomic mass is 16.5. The van der Waals surface area contributed by atoms with Crippen LogP contribution in [0.1, 0.15) is 5.56 Å². The van der Waals surface area contributed by atoms with Crippen molar-refractivity contribution < 1.29 is 24.3 Å². The van der Waals surface area contributed by atoms with E-state index < -0.39 is 7.12 Å². The average molecular weight is 288 g/mol. The fourth-order valence-corrected chi connectivity index (χ4v) is 1.90. The Bertz CT molecular complexity index is 583. The predicted molar refractivity (Wildman–Crippen MR) is 80.1 cm³/mol. The highest BCUT2D eigenvalue weighted by Gasteiger charge is 2.14. The standard InChI is InChI=1S/C15H17BO5/c1-19-13-4-6-14(7-5-13)21-10-11-9-12(16(17)18)3-8-15(11)20-2/h3-9,17-18H,10H2,1-2H3. The minimum atomic E-state index is -1.52. The van der Waals surface area contributed by atoms with Crippen LogP contribution in [0.3, 0.4) is 0 Å². The van der Waals surface area contributed by atoms with Crippen molar-refractivity contribution in [2.75, 3.05) is 14.2 Å². The van der Waals surface area contributed by atoms with Crippen LogP contribution in [-0.4, -0.2) is 31.4 Å². The van der Waals surface area contributed by atoms with Gasteiger partial charge >= 0.3 is 7.12 Å². The molecule has 0 aromatic heterocycles. The van der Waals surface area contributed by atoms with E-state index in [1.807, 2.05) is 0 Å². The summed E-state index contributed by atoms with van der Waals surface area (Å²) in [7, 11) is 1.64. The van der Waals surface area contributed by atoms with Crippen LogP contribution in [0.2, 0.25) is 0 Å². The topological polar surface area (TPSA) is 68.2 Å². The molecule has 0 heterocycles. The van der Waals surface area contributed by atoms with E-state index in [-0.39, 0.29) is 6.61 Å².